The van der Waals surface area contributed by atoms with Crippen LogP contribution in [-0.2, 0) is 14.8 Å². The topological polar surface area (TPSA) is 98.5 Å². The van der Waals surface area contributed by atoms with E-state index in [9.17, 15) is 18.5 Å². The second-order valence-corrected chi connectivity index (χ2v) is 5.90. The Morgan fingerprint density at radius 1 is 1.47 bits per heavy atom. The van der Waals surface area contributed by atoms with Crippen molar-refractivity contribution in [2.75, 3.05) is 13.7 Å². The molecule has 1 aromatic rings. The zero-order valence-electron chi connectivity index (χ0n) is 10.9. The van der Waals surface area contributed by atoms with Gasteiger partial charge in [-0.05, 0) is 19.9 Å². The molecule has 0 spiro atoms. The van der Waals surface area contributed by atoms with Gasteiger partial charge < -0.3 is 4.74 Å². The van der Waals surface area contributed by atoms with Gasteiger partial charge in [-0.15, -0.1) is 0 Å². The normalized spacial score (nSPS) is 13.2. The molecule has 1 aromatic carbocycles. The Morgan fingerprint density at radius 2 is 2.11 bits per heavy atom. The van der Waals surface area contributed by atoms with E-state index < -0.39 is 21.0 Å². The molecule has 0 fully saturated rings. The fraction of sp³-hybridized carbons (Fsp3) is 0.455. The minimum Gasteiger partial charge on any atom is -0.383 e. The van der Waals surface area contributed by atoms with E-state index in [1.54, 1.807) is 13.8 Å². The Hall–Kier alpha value is -1.51. The molecule has 0 aromatic heterocycles. The minimum absolute atomic E-state index is 0.132. The summed E-state index contributed by atoms with van der Waals surface area (Å²) < 4.78 is 31.2. The van der Waals surface area contributed by atoms with Crippen molar-refractivity contribution < 1.29 is 18.1 Å². The van der Waals surface area contributed by atoms with E-state index in [-0.39, 0.29) is 17.2 Å². The third kappa shape index (κ3) is 3.98. The highest BCUT2D eigenvalue weighted by molar-refractivity contribution is 7.89. The van der Waals surface area contributed by atoms with Gasteiger partial charge in [-0.2, -0.15) is 0 Å². The summed E-state index contributed by atoms with van der Waals surface area (Å²) in [6, 6.07) is 3.38. The molecule has 19 heavy (non-hydrogen) atoms. The summed E-state index contributed by atoms with van der Waals surface area (Å²) in [4.78, 5) is 10.1. The lowest BCUT2D eigenvalue weighted by molar-refractivity contribution is -0.385. The highest BCUT2D eigenvalue weighted by atomic mass is 32.2. The van der Waals surface area contributed by atoms with Gasteiger partial charge in [0, 0.05) is 24.8 Å². The molecular formula is C11H16N2O5S. The maximum Gasteiger partial charge on any atom is 0.273 e. The first kappa shape index (κ1) is 15.5. The Labute approximate surface area is 111 Å². The fourth-order valence-corrected chi connectivity index (χ4v) is 2.82. The number of rotatable bonds is 6. The first-order valence-corrected chi connectivity index (χ1v) is 7.02. The van der Waals surface area contributed by atoms with Crippen LogP contribution in [0.3, 0.4) is 0 Å². The van der Waals surface area contributed by atoms with Gasteiger partial charge in [-0.1, -0.05) is 6.07 Å². The Bertz CT molecular complexity index is 570. The molecular weight excluding hydrogens is 272 g/mol. The summed E-state index contributed by atoms with van der Waals surface area (Å²) in [7, 11) is -2.33. The van der Waals surface area contributed by atoms with Crippen LogP contribution < -0.4 is 4.72 Å². The predicted molar refractivity (Wildman–Crippen MR) is 69.5 cm³/mol. The maximum absolute atomic E-state index is 12.0. The second kappa shape index (κ2) is 6.09. The van der Waals surface area contributed by atoms with E-state index in [0.29, 0.717) is 5.56 Å². The van der Waals surface area contributed by atoms with Crippen LogP contribution in [0.2, 0.25) is 0 Å². The predicted octanol–water partition coefficient (Wildman–Crippen LogP) is 1.22. The standard InChI is InChI=1S/C11H16N2O5S/c1-8-4-5-10(6-11(8)13(14)15)19(16,17)12-9(2)7-18-3/h4-6,9,12H,7H2,1-3H3/t9-/m1/s1. The van der Waals surface area contributed by atoms with Crippen molar-refractivity contribution in [2.24, 2.45) is 0 Å². The van der Waals surface area contributed by atoms with Gasteiger partial charge in [0.05, 0.1) is 16.4 Å². The van der Waals surface area contributed by atoms with Gasteiger partial charge in [0.15, 0.2) is 0 Å². The van der Waals surface area contributed by atoms with Gasteiger partial charge >= 0.3 is 0 Å². The molecule has 0 saturated carbocycles. The number of hydrogen-bond acceptors (Lipinski definition) is 5. The molecule has 1 atom stereocenters. The van der Waals surface area contributed by atoms with Crippen molar-refractivity contribution in [3.05, 3.63) is 33.9 Å². The lowest BCUT2D eigenvalue weighted by Crippen LogP contribution is -2.35. The molecule has 1 rings (SSSR count). The van der Waals surface area contributed by atoms with Crippen molar-refractivity contribution in [2.45, 2.75) is 24.8 Å². The van der Waals surface area contributed by atoms with Crippen LogP contribution in [-0.4, -0.2) is 33.1 Å². The van der Waals surface area contributed by atoms with Gasteiger partial charge in [-0.25, -0.2) is 13.1 Å². The molecule has 0 unspecified atom stereocenters. The van der Waals surface area contributed by atoms with Gasteiger partial charge in [0.25, 0.3) is 5.69 Å². The first-order valence-electron chi connectivity index (χ1n) is 5.54. The number of nitrogens with one attached hydrogen (secondary N) is 1. The van der Waals surface area contributed by atoms with Crippen molar-refractivity contribution in [1.29, 1.82) is 0 Å². The largest absolute Gasteiger partial charge is 0.383 e. The third-order valence-corrected chi connectivity index (χ3v) is 4.05. The zero-order valence-corrected chi connectivity index (χ0v) is 11.7. The molecule has 8 heteroatoms. The van der Waals surface area contributed by atoms with E-state index in [4.69, 9.17) is 4.74 Å². The number of methoxy groups -OCH3 is 1. The number of nitrogens with zero attached hydrogens (tertiary/aromatic N) is 1. The fourth-order valence-electron chi connectivity index (χ4n) is 1.57. The van der Waals surface area contributed by atoms with Crippen molar-refractivity contribution in [1.82, 2.24) is 4.72 Å². The average molecular weight is 288 g/mol. The summed E-state index contributed by atoms with van der Waals surface area (Å²) in [5, 5.41) is 10.8. The van der Waals surface area contributed by atoms with E-state index in [0.717, 1.165) is 6.07 Å². The molecule has 0 heterocycles. The van der Waals surface area contributed by atoms with Crippen molar-refractivity contribution in [3.63, 3.8) is 0 Å². The molecule has 7 nitrogen and oxygen atoms in total. The Kier molecular flexibility index (Phi) is 4.98. The molecule has 0 amide bonds. The number of sulfonamides is 1. The average Bonchev–Trinajstić information content (AvgIpc) is 2.28. The van der Waals surface area contributed by atoms with Crippen LogP contribution in [0.15, 0.2) is 23.1 Å². The third-order valence-electron chi connectivity index (χ3n) is 2.46. The molecule has 0 saturated heterocycles. The lowest BCUT2D eigenvalue weighted by atomic mass is 10.2. The van der Waals surface area contributed by atoms with Gasteiger partial charge in [-0.3, -0.25) is 10.1 Å². The Morgan fingerprint density at radius 3 is 2.63 bits per heavy atom. The monoisotopic (exact) mass is 288 g/mol. The second-order valence-electron chi connectivity index (χ2n) is 4.18. The van der Waals surface area contributed by atoms with Crippen LogP contribution >= 0.6 is 0 Å². The van der Waals surface area contributed by atoms with Crippen molar-refractivity contribution >= 4 is 15.7 Å². The number of nitro benzene ring substituents is 1. The molecule has 0 aliphatic carbocycles. The lowest BCUT2D eigenvalue weighted by Gasteiger charge is -2.13. The SMILES string of the molecule is COC[C@@H](C)NS(=O)(=O)c1ccc(C)c([N+](=O)[O-])c1. The van der Waals surface area contributed by atoms with Crippen LogP contribution in [0, 0.1) is 17.0 Å². The summed E-state index contributed by atoms with van der Waals surface area (Å²) in [5.41, 5.74) is 0.191. The van der Waals surface area contributed by atoms with Crippen LogP contribution in [0.25, 0.3) is 0 Å². The first-order chi connectivity index (χ1) is 8.77. The Balaban J connectivity index is 3.08. The molecule has 106 valence electrons. The summed E-state index contributed by atoms with van der Waals surface area (Å²) in [6.07, 6.45) is 0. The molecule has 0 aliphatic rings. The van der Waals surface area contributed by atoms with E-state index >= 15 is 0 Å². The maximum atomic E-state index is 12.0. The molecule has 0 radical (unpaired) electrons. The summed E-state index contributed by atoms with van der Waals surface area (Å²) >= 11 is 0. The number of aryl methyl sites for hydroxylation is 1. The quantitative estimate of drug-likeness (QED) is 0.626. The van der Waals surface area contributed by atoms with Gasteiger partial charge in [0.2, 0.25) is 10.0 Å². The molecule has 1 N–H and O–H groups in total. The zero-order chi connectivity index (χ0) is 14.6. The van der Waals surface area contributed by atoms with E-state index in [1.165, 1.54) is 19.2 Å². The number of benzene rings is 1. The van der Waals surface area contributed by atoms with Crippen molar-refractivity contribution in [3.8, 4) is 0 Å². The minimum atomic E-state index is -3.79. The van der Waals surface area contributed by atoms with Gasteiger partial charge in [0.1, 0.15) is 0 Å². The van der Waals surface area contributed by atoms with Crippen LogP contribution in [0.5, 0.6) is 0 Å². The number of ether oxygens (including phenoxy) is 1. The highest BCUT2D eigenvalue weighted by Gasteiger charge is 2.21. The van der Waals surface area contributed by atoms with E-state index in [1.807, 2.05) is 0 Å². The van der Waals surface area contributed by atoms with Crippen LogP contribution in [0.4, 0.5) is 5.69 Å². The summed E-state index contributed by atoms with van der Waals surface area (Å²) in [6.45, 7) is 3.41. The number of nitro groups is 1. The molecule has 0 aliphatic heterocycles. The smallest absolute Gasteiger partial charge is 0.273 e. The number of hydrogen-bond donors (Lipinski definition) is 1. The van der Waals surface area contributed by atoms with E-state index in [2.05, 4.69) is 4.72 Å². The molecule has 0 bridgehead atoms. The highest BCUT2D eigenvalue weighted by Crippen LogP contribution is 2.22. The van der Waals surface area contributed by atoms with Crippen LogP contribution in [0.1, 0.15) is 12.5 Å². The summed E-state index contributed by atoms with van der Waals surface area (Å²) in [5.74, 6) is 0.